The van der Waals surface area contributed by atoms with Crippen molar-refractivity contribution in [2.75, 3.05) is 0 Å². The van der Waals surface area contributed by atoms with Crippen molar-refractivity contribution in [3.63, 3.8) is 0 Å². The third-order valence-corrected chi connectivity index (χ3v) is 4.28. The van der Waals surface area contributed by atoms with Crippen LogP contribution in [-0.4, -0.2) is 11.0 Å². The summed E-state index contributed by atoms with van der Waals surface area (Å²) >= 11 is 4.73. The first-order chi connectivity index (χ1) is 6.49. The van der Waals surface area contributed by atoms with Crippen LogP contribution in [0.1, 0.15) is 24.5 Å². The third kappa shape index (κ3) is 1.85. The Labute approximate surface area is 92.9 Å². The Morgan fingerprint density at radius 3 is 2.57 bits per heavy atom. The normalized spacial score (nSPS) is 23.1. The molecular formula is C9H9BrF2OS. The van der Waals surface area contributed by atoms with Gasteiger partial charge < -0.3 is 5.11 Å². The standard InChI is InChI=1S/C9H9BrF2OS/c10-7-4-14-3-6(7)8(13)5-1-9(11,12)2-5/h3-5,8,13H,1-2H2. The molecule has 1 atom stereocenters. The molecule has 1 aliphatic carbocycles. The van der Waals surface area contributed by atoms with Gasteiger partial charge in [0.2, 0.25) is 5.92 Å². The van der Waals surface area contributed by atoms with Gasteiger partial charge in [-0.05, 0) is 21.3 Å². The van der Waals surface area contributed by atoms with Crippen LogP contribution in [0.15, 0.2) is 15.2 Å². The molecule has 0 radical (unpaired) electrons. The molecule has 0 aromatic carbocycles. The quantitative estimate of drug-likeness (QED) is 0.879. The van der Waals surface area contributed by atoms with Gasteiger partial charge in [-0.3, -0.25) is 0 Å². The maximum Gasteiger partial charge on any atom is 0.248 e. The van der Waals surface area contributed by atoms with Crippen LogP contribution >= 0.6 is 27.3 Å². The zero-order valence-electron chi connectivity index (χ0n) is 7.21. The SMILES string of the molecule is OC(c1cscc1Br)C1CC(F)(F)C1. The fourth-order valence-electron chi connectivity index (χ4n) is 1.69. The topological polar surface area (TPSA) is 20.2 Å². The van der Waals surface area contributed by atoms with E-state index in [1.54, 1.807) is 5.38 Å². The molecule has 0 spiro atoms. The van der Waals surface area contributed by atoms with Crippen molar-refractivity contribution in [2.45, 2.75) is 24.9 Å². The molecule has 1 heterocycles. The van der Waals surface area contributed by atoms with E-state index in [1.807, 2.05) is 5.38 Å². The van der Waals surface area contributed by atoms with Crippen LogP contribution in [0.2, 0.25) is 0 Å². The second-order valence-electron chi connectivity index (χ2n) is 3.64. The third-order valence-electron chi connectivity index (χ3n) is 2.53. The second kappa shape index (κ2) is 3.54. The molecule has 0 bridgehead atoms. The van der Waals surface area contributed by atoms with Crippen LogP contribution in [-0.2, 0) is 0 Å². The van der Waals surface area contributed by atoms with E-state index in [2.05, 4.69) is 15.9 Å². The highest BCUT2D eigenvalue weighted by Gasteiger charge is 2.48. The van der Waals surface area contributed by atoms with Gasteiger partial charge in [-0.2, -0.15) is 11.3 Å². The smallest absolute Gasteiger partial charge is 0.248 e. The zero-order chi connectivity index (χ0) is 10.3. The Balaban J connectivity index is 2.04. The lowest BCUT2D eigenvalue weighted by Crippen LogP contribution is -2.38. The van der Waals surface area contributed by atoms with Gasteiger partial charge in [0.25, 0.3) is 0 Å². The Hall–Kier alpha value is -0.000000000000000111. The first-order valence-electron chi connectivity index (χ1n) is 4.27. The van der Waals surface area contributed by atoms with Gasteiger partial charge in [0.15, 0.2) is 0 Å². The van der Waals surface area contributed by atoms with E-state index in [0.717, 1.165) is 10.0 Å². The van der Waals surface area contributed by atoms with E-state index in [0.29, 0.717) is 0 Å². The zero-order valence-corrected chi connectivity index (χ0v) is 9.62. The van der Waals surface area contributed by atoms with E-state index in [4.69, 9.17) is 0 Å². The maximum absolute atomic E-state index is 12.6. The lowest BCUT2D eigenvalue weighted by molar-refractivity contribution is -0.142. The number of halogens is 3. The average molecular weight is 283 g/mol. The van der Waals surface area contributed by atoms with Crippen LogP contribution in [0.5, 0.6) is 0 Å². The number of hydrogen-bond donors (Lipinski definition) is 1. The minimum atomic E-state index is -2.56. The molecular weight excluding hydrogens is 274 g/mol. The van der Waals surface area contributed by atoms with Crippen LogP contribution < -0.4 is 0 Å². The van der Waals surface area contributed by atoms with E-state index in [9.17, 15) is 13.9 Å². The van der Waals surface area contributed by atoms with Gasteiger partial charge >= 0.3 is 0 Å². The molecule has 0 amide bonds. The van der Waals surface area contributed by atoms with Crippen molar-refractivity contribution in [3.8, 4) is 0 Å². The van der Waals surface area contributed by atoms with Gasteiger partial charge in [0.1, 0.15) is 0 Å². The van der Waals surface area contributed by atoms with Crippen molar-refractivity contribution in [1.82, 2.24) is 0 Å². The molecule has 1 aromatic heterocycles. The molecule has 1 saturated carbocycles. The van der Waals surface area contributed by atoms with Gasteiger partial charge in [0, 0.05) is 34.2 Å². The monoisotopic (exact) mass is 282 g/mol. The van der Waals surface area contributed by atoms with Gasteiger partial charge in [0.05, 0.1) is 6.10 Å². The summed E-state index contributed by atoms with van der Waals surface area (Å²) in [7, 11) is 0. The first-order valence-corrected chi connectivity index (χ1v) is 6.01. The summed E-state index contributed by atoms with van der Waals surface area (Å²) in [5.41, 5.74) is 0.732. The van der Waals surface area contributed by atoms with Gasteiger partial charge in [-0.1, -0.05) is 0 Å². The Kier molecular flexibility index (Phi) is 2.66. The lowest BCUT2D eigenvalue weighted by atomic mass is 9.76. The summed E-state index contributed by atoms with van der Waals surface area (Å²) in [5.74, 6) is -2.86. The van der Waals surface area contributed by atoms with Crippen molar-refractivity contribution < 1.29 is 13.9 Å². The predicted octanol–water partition coefficient (Wildman–Crippen LogP) is 3.59. The molecule has 1 N–H and O–H groups in total. The van der Waals surface area contributed by atoms with Crippen molar-refractivity contribution in [1.29, 1.82) is 0 Å². The van der Waals surface area contributed by atoms with Crippen molar-refractivity contribution in [3.05, 3.63) is 20.8 Å². The Bertz CT molecular complexity index is 331. The molecule has 0 aliphatic heterocycles. The molecule has 1 aliphatic rings. The summed E-state index contributed by atoms with van der Waals surface area (Å²) in [5, 5.41) is 13.4. The fraction of sp³-hybridized carbons (Fsp3) is 0.556. The highest BCUT2D eigenvalue weighted by atomic mass is 79.9. The van der Waals surface area contributed by atoms with Gasteiger partial charge in [-0.15, -0.1) is 0 Å². The predicted molar refractivity (Wildman–Crippen MR) is 54.6 cm³/mol. The van der Waals surface area contributed by atoms with Gasteiger partial charge in [-0.25, -0.2) is 8.78 Å². The van der Waals surface area contributed by atoms with E-state index >= 15 is 0 Å². The minimum absolute atomic E-state index is 0.198. The summed E-state index contributed by atoms with van der Waals surface area (Å²) in [6, 6.07) is 0. The summed E-state index contributed by atoms with van der Waals surface area (Å²) < 4.78 is 26.0. The molecule has 1 nitrogen and oxygen atoms in total. The van der Waals surface area contributed by atoms with Crippen LogP contribution in [0.3, 0.4) is 0 Å². The fourth-order valence-corrected chi connectivity index (χ4v) is 3.25. The number of aliphatic hydroxyl groups is 1. The molecule has 0 saturated heterocycles. The van der Waals surface area contributed by atoms with Crippen molar-refractivity contribution >= 4 is 27.3 Å². The van der Waals surface area contributed by atoms with Crippen LogP contribution in [0.4, 0.5) is 8.78 Å². The summed E-state index contributed by atoms with van der Waals surface area (Å²) in [4.78, 5) is 0. The highest BCUT2D eigenvalue weighted by Crippen LogP contribution is 2.49. The molecule has 2 rings (SSSR count). The number of aliphatic hydroxyl groups excluding tert-OH is 1. The van der Waals surface area contributed by atoms with E-state index in [-0.39, 0.29) is 18.8 Å². The first kappa shape index (κ1) is 10.5. The molecule has 78 valence electrons. The molecule has 1 aromatic rings. The van der Waals surface area contributed by atoms with Crippen molar-refractivity contribution in [2.24, 2.45) is 5.92 Å². The number of hydrogen-bond acceptors (Lipinski definition) is 2. The number of thiophene rings is 1. The second-order valence-corrected chi connectivity index (χ2v) is 5.24. The average Bonchev–Trinajstić information content (AvgIpc) is 2.45. The largest absolute Gasteiger partial charge is 0.388 e. The number of rotatable bonds is 2. The molecule has 1 unspecified atom stereocenters. The summed E-state index contributed by atoms with van der Waals surface area (Å²) in [6.45, 7) is 0. The minimum Gasteiger partial charge on any atom is -0.388 e. The Morgan fingerprint density at radius 2 is 2.14 bits per heavy atom. The Morgan fingerprint density at radius 1 is 1.50 bits per heavy atom. The molecule has 1 fully saturated rings. The maximum atomic E-state index is 12.6. The van der Waals surface area contributed by atoms with E-state index in [1.165, 1.54) is 11.3 Å². The molecule has 5 heteroatoms. The van der Waals surface area contributed by atoms with Crippen LogP contribution in [0, 0.1) is 5.92 Å². The lowest BCUT2D eigenvalue weighted by Gasteiger charge is -2.37. The number of alkyl halides is 2. The van der Waals surface area contributed by atoms with E-state index < -0.39 is 12.0 Å². The van der Waals surface area contributed by atoms with Crippen LogP contribution in [0.25, 0.3) is 0 Å². The molecule has 14 heavy (non-hydrogen) atoms. The summed E-state index contributed by atoms with van der Waals surface area (Å²) in [6.07, 6.45) is -1.15. The highest BCUT2D eigenvalue weighted by molar-refractivity contribution is 9.10.